The predicted octanol–water partition coefficient (Wildman–Crippen LogP) is 2.59. The van der Waals surface area contributed by atoms with Crippen molar-refractivity contribution in [2.24, 2.45) is 0 Å². The van der Waals surface area contributed by atoms with Crippen molar-refractivity contribution in [1.82, 2.24) is 5.32 Å². The first kappa shape index (κ1) is 14.8. The smallest absolute Gasteiger partial charge is 0.295 e. The zero-order chi connectivity index (χ0) is 14.8. The van der Waals surface area contributed by atoms with Crippen LogP contribution in [0, 0.1) is 5.82 Å². The molecule has 0 spiro atoms. The SMILES string of the molecule is CNCc1ccc(S(=O)(=O)Nc2cc(F)ccc2Cl)o1. The second kappa shape index (κ2) is 5.82. The zero-order valence-corrected chi connectivity index (χ0v) is 12.1. The first-order chi connectivity index (χ1) is 9.42. The van der Waals surface area contributed by atoms with Gasteiger partial charge in [-0.2, -0.15) is 8.42 Å². The summed E-state index contributed by atoms with van der Waals surface area (Å²) in [6.07, 6.45) is 0. The Hall–Kier alpha value is -1.57. The highest BCUT2D eigenvalue weighted by atomic mass is 35.5. The number of anilines is 1. The van der Waals surface area contributed by atoms with Gasteiger partial charge in [0.1, 0.15) is 11.6 Å². The number of hydrogen-bond acceptors (Lipinski definition) is 4. The number of furan rings is 1. The van der Waals surface area contributed by atoms with Crippen LogP contribution >= 0.6 is 11.6 Å². The molecule has 0 amide bonds. The van der Waals surface area contributed by atoms with Crippen LogP contribution in [0.4, 0.5) is 10.1 Å². The molecule has 0 radical (unpaired) electrons. The van der Waals surface area contributed by atoms with Crippen LogP contribution in [0.3, 0.4) is 0 Å². The average Bonchev–Trinajstić information content (AvgIpc) is 2.83. The van der Waals surface area contributed by atoms with Crippen LogP contribution in [0.2, 0.25) is 5.02 Å². The minimum atomic E-state index is -3.95. The molecular weight excluding hydrogens is 307 g/mol. The van der Waals surface area contributed by atoms with Crippen molar-refractivity contribution in [3.63, 3.8) is 0 Å². The molecule has 0 fully saturated rings. The van der Waals surface area contributed by atoms with Crippen molar-refractivity contribution in [3.05, 3.63) is 46.9 Å². The van der Waals surface area contributed by atoms with E-state index in [1.165, 1.54) is 18.2 Å². The van der Waals surface area contributed by atoms with Gasteiger partial charge in [-0.3, -0.25) is 4.72 Å². The van der Waals surface area contributed by atoms with Gasteiger partial charge in [0, 0.05) is 0 Å². The van der Waals surface area contributed by atoms with Gasteiger partial charge in [-0.05, 0) is 37.4 Å². The molecule has 20 heavy (non-hydrogen) atoms. The highest BCUT2D eigenvalue weighted by molar-refractivity contribution is 7.92. The number of sulfonamides is 1. The van der Waals surface area contributed by atoms with E-state index in [4.69, 9.17) is 16.0 Å². The summed E-state index contributed by atoms with van der Waals surface area (Å²) in [7, 11) is -2.24. The zero-order valence-electron chi connectivity index (χ0n) is 10.5. The Morgan fingerprint density at radius 3 is 2.75 bits per heavy atom. The number of rotatable bonds is 5. The largest absolute Gasteiger partial charge is 0.446 e. The molecule has 0 aliphatic carbocycles. The Morgan fingerprint density at radius 1 is 1.30 bits per heavy atom. The standard InChI is InChI=1S/C12H12ClFN2O3S/c1-15-7-9-3-5-12(19-9)20(17,18)16-11-6-8(14)2-4-10(11)13/h2-6,15-16H,7H2,1H3. The third kappa shape index (κ3) is 3.30. The lowest BCUT2D eigenvalue weighted by atomic mass is 10.3. The van der Waals surface area contributed by atoms with Crippen LogP contribution in [-0.2, 0) is 16.6 Å². The molecule has 0 bridgehead atoms. The summed E-state index contributed by atoms with van der Waals surface area (Å²) < 4.78 is 44.6. The monoisotopic (exact) mass is 318 g/mol. The summed E-state index contributed by atoms with van der Waals surface area (Å²) in [6, 6.07) is 6.26. The Kier molecular flexibility index (Phi) is 4.32. The first-order valence-electron chi connectivity index (χ1n) is 5.63. The van der Waals surface area contributed by atoms with Gasteiger partial charge in [-0.15, -0.1) is 0 Å². The second-order valence-corrected chi connectivity index (χ2v) is 6.00. The molecule has 2 aromatic rings. The lowest BCUT2D eigenvalue weighted by Crippen LogP contribution is -2.12. The van der Waals surface area contributed by atoms with Crippen LogP contribution in [-0.4, -0.2) is 15.5 Å². The molecule has 0 aliphatic rings. The van der Waals surface area contributed by atoms with Crippen LogP contribution < -0.4 is 10.0 Å². The molecule has 0 saturated heterocycles. The maximum absolute atomic E-state index is 13.1. The third-order valence-electron chi connectivity index (χ3n) is 2.43. The Morgan fingerprint density at radius 2 is 2.05 bits per heavy atom. The van der Waals surface area contributed by atoms with Crippen molar-refractivity contribution in [1.29, 1.82) is 0 Å². The fourth-order valence-corrected chi connectivity index (χ4v) is 2.79. The number of halogens is 2. The van der Waals surface area contributed by atoms with E-state index in [2.05, 4.69) is 10.0 Å². The lowest BCUT2D eigenvalue weighted by molar-refractivity contribution is 0.408. The van der Waals surface area contributed by atoms with Crippen LogP contribution in [0.5, 0.6) is 0 Å². The van der Waals surface area contributed by atoms with Gasteiger partial charge in [0.25, 0.3) is 10.0 Å². The van der Waals surface area contributed by atoms with E-state index in [1.54, 1.807) is 7.05 Å². The van der Waals surface area contributed by atoms with E-state index in [0.717, 1.165) is 12.1 Å². The third-order valence-corrected chi connectivity index (χ3v) is 3.99. The van der Waals surface area contributed by atoms with Gasteiger partial charge < -0.3 is 9.73 Å². The first-order valence-corrected chi connectivity index (χ1v) is 7.49. The maximum atomic E-state index is 13.1. The fourth-order valence-electron chi connectivity index (χ4n) is 1.54. The molecule has 8 heteroatoms. The molecule has 2 rings (SSSR count). The molecule has 108 valence electrons. The molecule has 5 nitrogen and oxygen atoms in total. The molecule has 0 saturated carbocycles. The van der Waals surface area contributed by atoms with Gasteiger partial charge in [0.2, 0.25) is 5.09 Å². The van der Waals surface area contributed by atoms with Crippen molar-refractivity contribution in [2.45, 2.75) is 11.6 Å². The summed E-state index contributed by atoms with van der Waals surface area (Å²) >= 11 is 5.81. The molecule has 0 atom stereocenters. The van der Waals surface area contributed by atoms with Crippen LogP contribution in [0.25, 0.3) is 0 Å². The van der Waals surface area contributed by atoms with Crippen LogP contribution in [0.15, 0.2) is 39.8 Å². The average molecular weight is 319 g/mol. The van der Waals surface area contributed by atoms with E-state index in [-0.39, 0.29) is 15.8 Å². The molecule has 1 heterocycles. The second-order valence-electron chi connectivity index (χ2n) is 3.98. The number of hydrogen-bond donors (Lipinski definition) is 2. The molecule has 1 aromatic heterocycles. The van der Waals surface area contributed by atoms with Crippen molar-refractivity contribution >= 4 is 27.3 Å². The Bertz CT molecular complexity index is 715. The number of benzene rings is 1. The Balaban J connectivity index is 2.28. The van der Waals surface area contributed by atoms with Crippen molar-refractivity contribution < 1.29 is 17.2 Å². The predicted molar refractivity (Wildman–Crippen MR) is 73.7 cm³/mol. The minimum Gasteiger partial charge on any atom is -0.446 e. The summed E-state index contributed by atoms with van der Waals surface area (Å²) in [4.78, 5) is 0. The molecule has 2 N–H and O–H groups in total. The normalized spacial score (nSPS) is 11.6. The van der Waals surface area contributed by atoms with E-state index in [1.807, 2.05) is 0 Å². The summed E-state index contributed by atoms with van der Waals surface area (Å²) in [5, 5.41) is 2.67. The van der Waals surface area contributed by atoms with E-state index in [0.29, 0.717) is 12.3 Å². The molecule has 0 aliphatic heterocycles. The topological polar surface area (TPSA) is 71.3 Å². The van der Waals surface area contributed by atoms with Gasteiger partial charge >= 0.3 is 0 Å². The van der Waals surface area contributed by atoms with Gasteiger partial charge in [-0.25, -0.2) is 4.39 Å². The number of nitrogens with one attached hydrogen (secondary N) is 2. The summed E-state index contributed by atoms with van der Waals surface area (Å²) in [6.45, 7) is 0.399. The van der Waals surface area contributed by atoms with E-state index >= 15 is 0 Å². The fraction of sp³-hybridized carbons (Fsp3) is 0.167. The maximum Gasteiger partial charge on any atom is 0.295 e. The van der Waals surface area contributed by atoms with Crippen LogP contribution in [0.1, 0.15) is 5.76 Å². The highest BCUT2D eigenvalue weighted by Gasteiger charge is 2.20. The van der Waals surface area contributed by atoms with Gasteiger partial charge in [0.05, 0.1) is 17.3 Å². The Labute approximate surface area is 120 Å². The summed E-state index contributed by atoms with van der Waals surface area (Å²) in [5.74, 6) is -0.124. The quantitative estimate of drug-likeness (QED) is 0.889. The van der Waals surface area contributed by atoms with Gasteiger partial charge in [0.15, 0.2) is 0 Å². The molecular formula is C12H12ClFN2O3S. The van der Waals surface area contributed by atoms with Gasteiger partial charge in [-0.1, -0.05) is 11.6 Å². The lowest BCUT2D eigenvalue weighted by Gasteiger charge is -2.07. The molecule has 1 aromatic carbocycles. The van der Waals surface area contributed by atoms with E-state index in [9.17, 15) is 12.8 Å². The van der Waals surface area contributed by atoms with Crippen molar-refractivity contribution in [2.75, 3.05) is 11.8 Å². The van der Waals surface area contributed by atoms with E-state index < -0.39 is 15.8 Å². The molecule has 0 unspecified atom stereocenters. The van der Waals surface area contributed by atoms with Crippen molar-refractivity contribution in [3.8, 4) is 0 Å². The highest BCUT2D eigenvalue weighted by Crippen LogP contribution is 2.26. The summed E-state index contributed by atoms with van der Waals surface area (Å²) in [5.41, 5.74) is -0.0433. The minimum absolute atomic E-state index is 0.0433.